The molecule has 1 unspecified atom stereocenters. The molecule has 1 aromatic carbocycles. The Kier molecular flexibility index (Phi) is 13.2. The predicted molar refractivity (Wildman–Crippen MR) is 204 cm³/mol. The number of amides is 2. The van der Waals surface area contributed by atoms with Crippen LogP contribution in [0.5, 0.6) is 0 Å². The molecule has 15 heteroatoms. The lowest BCUT2D eigenvalue weighted by molar-refractivity contribution is -0.134. The number of dihydropyridines is 1. The number of carboxylic acid groups (broad SMARTS) is 2. The third-order valence-electron chi connectivity index (χ3n) is 10.3. The number of nitrogens with one attached hydrogen (secondary N) is 1. The normalized spacial score (nSPS) is 19.5. The van der Waals surface area contributed by atoms with Crippen LogP contribution in [0.4, 0.5) is 4.79 Å². The number of benzene rings is 1. The number of likely N-dealkylation sites (N-methyl/N-ethyl adjacent to an activating group) is 1. The number of rotatable bonds is 12. The Hall–Kier alpha value is -3.65. The molecule has 0 spiro atoms. The highest BCUT2D eigenvalue weighted by molar-refractivity contribution is 7.09. The molecule has 1 aliphatic carbocycles. The maximum Gasteiger partial charge on any atom is 0.410 e. The van der Waals surface area contributed by atoms with Crippen LogP contribution >= 0.6 is 34.5 Å². The maximum atomic E-state index is 14.1. The molecule has 288 valence electrons. The van der Waals surface area contributed by atoms with Crippen molar-refractivity contribution in [2.75, 3.05) is 39.3 Å². The van der Waals surface area contributed by atoms with Crippen molar-refractivity contribution >= 4 is 58.5 Å². The average molecular weight is 791 g/mol. The van der Waals surface area contributed by atoms with Gasteiger partial charge in [0.2, 0.25) is 5.91 Å². The fraction of sp³-hybridized carbons (Fsp3) is 0.553. The Balaban J connectivity index is 1.40. The summed E-state index contributed by atoms with van der Waals surface area (Å²) >= 11 is 14.6. The van der Waals surface area contributed by atoms with Gasteiger partial charge in [-0.05, 0) is 59.1 Å². The summed E-state index contributed by atoms with van der Waals surface area (Å²) in [6.45, 7) is 10.6. The van der Waals surface area contributed by atoms with Crippen LogP contribution in [-0.2, 0) is 25.5 Å². The summed E-state index contributed by atoms with van der Waals surface area (Å²) < 4.78 is 5.73. The van der Waals surface area contributed by atoms with Gasteiger partial charge in [-0.3, -0.25) is 9.69 Å². The van der Waals surface area contributed by atoms with Gasteiger partial charge in [-0.15, -0.1) is 11.3 Å². The summed E-state index contributed by atoms with van der Waals surface area (Å²) in [5, 5.41) is 27.1. The number of hydrogen-bond acceptors (Lipinski definition) is 9. The van der Waals surface area contributed by atoms with Gasteiger partial charge in [-0.2, -0.15) is 0 Å². The summed E-state index contributed by atoms with van der Waals surface area (Å²) in [5.41, 5.74) is -0.792. The minimum absolute atomic E-state index is 0.102. The Morgan fingerprint density at radius 2 is 1.60 bits per heavy atom. The quantitative estimate of drug-likeness (QED) is 0.206. The van der Waals surface area contributed by atoms with Gasteiger partial charge in [0.15, 0.2) is 0 Å². The number of halogens is 2. The molecule has 1 aromatic heterocycles. The molecule has 3 aliphatic rings. The molecule has 0 radical (unpaired) electrons. The number of carboxylic acids is 2. The summed E-state index contributed by atoms with van der Waals surface area (Å²) in [5.74, 6) is -4.32. The fourth-order valence-electron chi connectivity index (χ4n) is 7.80. The first kappa shape index (κ1) is 40.5. The van der Waals surface area contributed by atoms with E-state index in [0.717, 1.165) is 37.1 Å². The number of thiazole rings is 1. The van der Waals surface area contributed by atoms with Crippen molar-refractivity contribution in [2.24, 2.45) is 0 Å². The third-order valence-corrected chi connectivity index (χ3v) is 11.8. The van der Waals surface area contributed by atoms with E-state index in [9.17, 15) is 29.4 Å². The molecular formula is C38H49Cl2N5O7S. The molecule has 1 saturated heterocycles. The Labute approximate surface area is 324 Å². The number of ether oxygens (including phenoxy) is 1. The fourth-order valence-corrected chi connectivity index (χ4v) is 9.04. The van der Waals surface area contributed by atoms with Gasteiger partial charge in [0.05, 0.1) is 28.5 Å². The molecule has 2 aromatic rings. The maximum absolute atomic E-state index is 14.1. The molecule has 2 amide bonds. The number of carbonyl (C=O) groups excluding carboxylic acids is 2. The van der Waals surface area contributed by atoms with Crippen molar-refractivity contribution < 1.29 is 34.1 Å². The SMILES string of the molecule is CCN(CC1(N2CCN(C(=O)CC3=C(C(=O)O)C(c4c(Cl)cccc4Cl)C(C(=O)O)=C(CCc4nccs4)N3)CC2)CCCCC1)C(=O)OC(C)(C)C. The second-order valence-corrected chi connectivity index (χ2v) is 16.6. The van der Waals surface area contributed by atoms with E-state index in [4.69, 9.17) is 27.9 Å². The zero-order chi connectivity index (χ0) is 38.5. The van der Waals surface area contributed by atoms with Gasteiger partial charge in [0.25, 0.3) is 0 Å². The lowest BCUT2D eigenvalue weighted by Gasteiger charge is -2.51. The second-order valence-electron chi connectivity index (χ2n) is 14.8. The number of carbonyl (C=O) groups is 4. The topological polar surface area (TPSA) is 153 Å². The number of nitrogens with zero attached hydrogens (tertiary/aromatic N) is 4. The smallest absolute Gasteiger partial charge is 0.410 e. The molecule has 3 heterocycles. The minimum Gasteiger partial charge on any atom is -0.478 e. The first-order chi connectivity index (χ1) is 25.1. The number of aliphatic carboxylic acids is 2. The van der Waals surface area contributed by atoms with Crippen LogP contribution in [-0.4, -0.2) is 104 Å². The van der Waals surface area contributed by atoms with E-state index in [-0.39, 0.29) is 68.5 Å². The van der Waals surface area contributed by atoms with Crippen LogP contribution in [0, 0.1) is 0 Å². The average Bonchev–Trinajstić information content (AvgIpc) is 3.63. The van der Waals surface area contributed by atoms with Crippen molar-refractivity contribution in [1.82, 2.24) is 25.0 Å². The standard InChI is InChI=1S/C38H49Cl2N5O7S/c1-5-43(36(51)52-37(2,3)4)23-38(14-7-6-8-15-38)45-19-17-44(18-20-45)29(46)22-27-32(35(49)50)33(30-24(39)10-9-11-25(30)40)31(34(47)48)26(42-27)12-13-28-41-16-21-53-28/h9-11,16,21,33,42H,5-8,12-15,17-20,22-23H2,1-4H3,(H,47,48)(H,49,50). The summed E-state index contributed by atoms with van der Waals surface area (Å²) in [4.78, 5) is 63.5. The molecule has 1 saturated carbocycles. The number of piperazine rings is 1. The third kappa shape index (κ3) is 9.54. The van der Waals surface area contributed by atoms with Crippen molar-refractivity contribution in [3.63, 3.8) is 0 Å². The van der Waals surface area contributed by atoms with Crippen LogP contribution < -0.4 is 5.32 Å². The molecule has 2 fully saturated rings. The van der Waals surface area contributed by atoms with Gasteiger partial charge < -0.3 is 30.1 Å². The van der Waals surface area contributed by atoms with E-state index in [1.54, 1.807) is 22.1 Å². The molecule has 53 heavy (non-hydrogen) atoms. The van der Waals surface area contributed by atoms with Crippen LogP contribution in [0.2, 0.25) is 10.0 Å². The van der Waals surface area contributed by atoms with E-state index in [2.05, 4.69) is 15.2 Å². The largest absolute Gasteiger partial charge is 0.478 e. The van der Waals surface area contributed by atoms with E-state index in [1.165, 1.54) is 23.5 Å². The van der Waals surface area contributed by atoms with Gasteiger partial charge >= 0.3 is 18.0 Å². The van der Waals surface area contributed by atoms with Crippen LogP contribution in [0.15, 0.2) is 52.3 Å². The monoisotopic (exact) mass is 789 g/mol. The molecule has 1 atom stereocenters. The molecule has 0 bridgehead atoms. The summed E-state index contributed by atoms with van der Waals surface area (Å²) in [6.07, 6.45) is 6.76. The zero-order valence-corrected chi connectivity index (χ0v) is 33.1. The number of hydrogen-bond donors (Lipinski definition) is 3. The highest BCUT2D eigenvalue weighted by Crippen LogP contribution is 2.45. The summed E-state index contributed by atoms with van der Waals surface area (Å²) in [6, 6.07) is 4.68. The van der Waals surface area contributed by atoms with Crippen LogP contribution in [0.3, 0.4) is 0 Å². The van der Waals surface area contributed by atoms with Gasteiger partial charge in [0, 0.05) is 89.8 Å². The summed E-state index contributed by atoms with van der Waals surface area (Å²) in [7, 11) is 0. The highest BCUT2D eigenvalue weighted by Gasteiger charge is 2.44. The molecule has 12 nitrogen and oxygen atoms in total. The van der Waals surface area contributed by atoms with Crippen molar-refractivity contribution in [3.8, 4) is 0 Å². The van der Waals surface area contributed by atoms with Gasteiger partial charge in [0.1, 0.15) is 5.60 Å². The lowest BCUT2D eigenvalue weighted by atomic mass is 9.78. The highest BCUT2D eigenvalue weighted by atomic mass is 35.5. The number of aryl methyl sites for hydroxylation is 1. The Bertz CT molecular complexity index is 1720. The van der Waals surface area contributed by atoms with E-state index in [0.29, 0.717) is 45.7 Å². The predicted octanol–water partition coefficient (Wildman–Crippen LogP) is 6.94. The van der Waals surface area contributed by atoms with E-state index < -0.39 is 23.5 Å². The number of allylic oxidation sites excluding steroid dienone is 1. The van der Waals surface area contributed by atoms with Gasteiger partial charge in [-0.1, -0.05) is 48.5 Å². The molecule has 3 N–H and O–H groups in total. The van der Waals surface area contributed by atoms with Crippen LogP contribution in [0.1, 0.15) is 89.1 Å². The van der Waals surface area contributed by atoms with E-state index in [1.807, 2.05) is 33.1 Å². The Morgan fingerprint density at radius 1 is 0.981 bits per heavy atom. The molecule has 5 rings (SSSR count). The van der Waals surface area contributed by atoms with Crippen molar-refractivity contribution in [1.29, 1.82) is 0 Å². The van der Waals surface area contributed by atoms with Crippen molar-refractivity contribution in [2.45, 2.75) is 96.1 Å². The first-order valence-electron chi connectivity index (χ1n) is 18.2. The molecule has 2 aliphatic heterocycles. The first-order valence-corrected chi connectivity index (χ1v) is 19.8. The Morgan fingerprint density at radius 3 is 2.15 bits per heavy atom. The minimum atomic E-state index is -1.38. The van der Waals surface area contributed by atoms with Crippen LogP contribution in [0.25, 0.3) is 0 Å². The van der Waals surface area contributed by atoms with E-state index >= 15 is 0 Å². The molecular weight excluding hydrogens is 741 g/mol. The van der Waals surface area contributed by atoms with Gasteiger partial charge in [-0.25, -0.2) is 19.4 Å². The zero-order valence-electron chi connectivity index (χ0n) is 30.8. The van der Waals surface area contributed by atoms with Crippen molar-refractivity contribution in [3.05, 3.63) is 72.9 Å². The number of aromatic nitrogens is 1. The second kappa shape index (κ2) is 17.2. The lowest BCUT2D eigenvalue weighted by Crippen LogP contribution is -2.63.